The standard InChI is InChI=1S/C12H19N7/c1-4-5-10-15-11(6-12(16-10)17-13)14-9-7-19(3)18-8(9)2/h6-7H,4-5,13H2,1-3H3,(H2,14,15,16,17). The molecular formula is C12H19N7. The Kier molecular flexibility index (Phi) is 3.96. The SMILES string of the molecule is CCCc1nc(NN)cc(Nc2cn(C)nc2C)n1. The van der Waals surface area contributed by atoms with Gasteiger partial charge in [-0.05, 0) is 13.3 Å². The summed E-state index contributed by atoms with van der Waals surface area (Å²) in [5.41, 5.74) is 4.40. The first-order valence-electron chi connectivity index (χ1n) is 6.24. The molecule has 2 aromatic rings. The van der Waals surface area contributed by atoms with E-state index < -0.39 is 0 Å². The van der Waals surface area contributed by atoms with Gasteiger partial charge in [-0.1, -0.05) is 6.92 Å². The number of aromatic nitrogens is 4. The minimum atomic E-state index is 0.600. The summed E-state index contributed by atoms with van der Waals surface area (Å²) in [4.78, 5) is 8.76. The number of aryl methyl sites for hydroxylation is 3. The Hall–Kier alpha value is -2.15. The highest BCUT2D eigenvalue weighted by molar-refractivity contribution is 5.60. The highest BCUT2D eigenvalue weighted by Gasteiger charge is 2.07. The predicted molar refractivity (Wildman–Crippen MR) is 75.1 cm³/mol. The summed E-state index contributed by atoms with van der Waals surface area (Å²) in [5, 5.41) is 7.52. The zero-order chi connectivity index (χ0) is 13.8. The zero-order valence-corrected chi connectivity index (χ0v) is 11.4. The molecule has 0 saturated heterocycles. The van der Waals surface area contributed by atoms with E-state index in [2.05, 4.69) is 32.7 Å². The molecule has 102 valence electrons. The molecule has 0 amide bonds. The van der Waals surface area contributed by atoms with Crippen LogP contribution >= 0.6 is 0 Å². The molecule has 7 heteroatoms. The molecule has 0 spiro atoms. The highest BCUT2D eigenvalue weighted by Crippen LogP contribution is 2.19. The first kappa shape index (κ1) is 13.3. The van der Waals surface area contributed by atoms with Gasteiger partial charge in [-0.15, -0.1) is 0 Å². The first-order chi connectivity index (χ1) is 9.12. The Morgan fingerprint density at radius 3 is 2.63 bits per heavy atom. The van der Waals surface area contributed by atoms with Gasteiger partial charge >= 0.3 is 0 Å². The lowest BCUT2D eigenvalue weighted by atomic mass is 10.3. The van der Waals surface area contributed by atoms with E-state index in [0.717, 1.165) is 30.0 Å². The second-order valence-electron chi connectivity index (χ2n) is 4.38. The summed E-state index contributed by atoms with van der Waals surface area (Å²) in [6.07, 6.45) is 3.71. The molecule has 0 aliphatic heterocycles. The van der Waals surface area contributed by atoms with Crippen LogP contribution in [0, 0.1) is 6.92 Å². The van der Waals surface area contributed by atoms with Crippen molar-refractivity contribution in [3.8, 4) is 0 Å². The van der Waals surface area contributed by atoms with Crippen LogP contribution in [0.3, 0.4) is 0 Å². The number of hydrogen-bond donors (Lipinski definition) is 3. The minimum absolute atomic E-state index is 0.600. The lowest BCUT2D eigenvalue weighted by Crippen LogP contribution is -2.11. The van der Waals surface area contributed by atoms with E-state index in [1.54, 1.807) is 10.7 Å². The summed E-state index contributed by atoms with van der Waals surface area (Å²) in [5.74, 6) is 7.50. The highest BCUT2D eigenvalue weighted by atomic mass is 15.3. The molecule has 0 atom stereocenters. The van der Waals surface area contributed by atoms with Gasteiger partial charge in [0, 0.05) is 25.7 Å². The van der Waals surface area contributed by atoms with Gasteiger partial charge in [0.05, 0.1) is 11.4 Å². The molecule has 2 aromatic heterocycles. The Labute approximate surface area is 112 Å². The van der Waals surface area contributed by atoms with Crippen molar-refractivity contribution in [1.29, 1.82) is 0 Å². The molecule has 0 saturated carbocycles. The number of nitrogens with zero attached hydrogens (tertiary/aromatic N) is 4. The normalized spacial score (nSPS) is 10.5. The molecule has 4 N–H and O–H groups in total. The average Bonchev–Trinajstić information content (AvgIpc) is 2.68. The second kappa shape index (κ2) is 5.66. The molecule has 0 bridgehead atoms. The number of anilines is 3. The van der Waals surface area contributed by atoms with Gasteiger partial charge in [-0.25, -0.2) is 15.8 Å². The third kappa shape index (κ3) is 3.19. The molecule has 0 aliphatic carbocycles. The Bertz CT molecular complexity index is 561. The van der Waals surface area contributed by atoms with Gasteiger partial charge in [-0.3, -0.25) is 4.68 Å². The van der Waals surface area contributed by atoms with Crippen LogP contribution in [-0.2, 0) is 13.5 Å². The summed E-state index contributed by atoms with van der Waals surface area (Å²) in [7, 11) is 1.88. The third-order valence-electron chi connectivity index (χ3n) is 2.67. The van der Waals surface area contributed by atoms with E-state index in [9.17, 15) is 0 Å². The topological polar surface area (TPSA) is 93.7 Å². The van der Waals surface area contributed by atoms with Crippen LogP contribution in [0.1, 0.15) is 24.9 Å². The molecule has 0 aromatic carbocycles. The smallest absolute Gasteiger partial charge is 0.145 e. The lowest BCUT2D eigenvalue weighted by Gasteiger charge is -2.08. The monoisotopic (exact) mass is 261 g/mol. The maximum absolute atomic E-state index is 5.43. The van der Waals surface area contributed by atoms with Gasteiger partial charge < -0.3 is 10.7 Å². The van der Waals surface area contributed by atoms with Crippen LogP contribution < -0.4 is 16.6 Å². The average molecular weight is 261 g/mol. The Morgan fingerprint density at radius 2 is 2.05 bits per heavy atom. The van der Waals surface area contributed by atoms with Crippen molar-refractivity contribution in [2.75, 3.05) is 10.7 Å². The molecule has 0 radical (unpaired) electrons. The van der Waals surface area contributed by atoms with Gasteiger partial charge in [0.2, 0.25) is 0 Å². The second-order valence-corrected chi connectivity index (χ2v) is 4.38. The predicted octanol–water partition coefficient (Wildman–Crippen LogP) is 1.50. The van der Waals surface area contributed by atoms with Gasteiger partial charge in [-0.2, -0.15) is 5.10 Å². The lowest BCUT2D eigenvalue weighted by molar-refractivity contribution is 0.756. The van der Waals surface area contributed by atoms with Crippen molar-refractivity contribution in [2.24, 2.45) is 12.9 Å². The molecule has 7 nitrogen and oxygen atoms in total. The van der Waals surface area contributed by atoms with Crippen LogP contribution in [-0.4, -0.2) is 19.7 Å². The van der Waals surface area contributed by atoms with E-state index in [-0.39, 0.29) is 0 Å². The number of hydrogen-bond acceptors (Lipinski definition) is 6. The minimum Gasteiger partial charge on any atom is -0.337 e. The first-order valence-corrected chi connectivity index (χ1v) is 6.24. The number of hydrazine groups is 1. The van der Waals surface area contributed by atoms with Crippen molar-refractivity contribution in [2.45, 2.75) is 26.7 Å². The third-order valence-corrected chi connectivity index (χ3v) is 2.67. The maximum Gasteiger partial charge on any atom is 0.145 e. The van der Waals surface area contributed by atoms with E-state index in [0.29, 0.717) is 11.6 Å². The van der Waals surface area contributed by atoms with Crippen molar-refractivity contribution in [3.05, 3.63) is 23.8 Å². The zero-order valence-electron chi connectivity index (χ0n) is 11.4. The maximum atomic E-state index is 5.43. The van der Waals surface area contributed by atoms with Gasteiger partial charge in [0.15, 0.2) is 0 Å². The summed E-state index contributed by atoms with van der Waals surface area (Å²) < 4.78 is 1.76. The van der Waals surface area contributed by atoms with Crippen molar-refractivity contribution in [3.63, 3.8) is 0 Å². The molecule has 0 fully saturated rings. The Balaban J connectivity index is 2.28. The van der Waals surface area contributed by atoms with E-state index >= 15 is 0 Å². The molecule has 0 aliphatic rings. The summed E-state index contributed by atoms with van der Waals surface area (Å²) in [6, 6.07) is 1.77. The van der Waals surface area contributed by atoms with Gasteiger partial charge in [0.1, 0.15) is 17.5 Å². The number of rotatable bonds is 5. The molecule has 0 unspecified atom stereocenters. The van der Waals surface area contributed by atoms with Crippen molar-refractivity contribution >= 4 is 17.3 Å². The fourth-order valence-electron chi connectivity index (χ4n) is 1.83. The molecule has 2 rings (SSSR count). The van der Waals surface area contributed by atoms with Crippen LogP contribution in [0.5, 0.6) is 0 Å². The molecule has 2 heterocycles. The largest absolute Gasteiger partial charge is 0.337 e. The van der Waals surface area contributed by atoms with E-state index in [1.165, 1.54) is 0 Å². The van der Waals surface area contributed by atoms with Gasteiger partial charge in [0.25, 0.3) is 0 Å². The van der Waals surface area contributed by atoms with Crippen molar-refractivity contribution in [1.82, 2.24) is 19.7 Å². The van der Waals surface area contributed by atoms with Crippen molar-refractivity contribution < 1.29 is 0 Å². The summed E-state index contributed by atoms with van der Waals surface area (Å²) in [6.45, 7) is 4.03. The Morgan fingerprint density at radius 1 is 1.32 bits per heavy atom. The number of nitrogen functional groups attached to an aromatic ring is 1. The van der Waals surface area contributed by atoms with Crippen LogP contribution in [0.4, 0.5) is 17.3 Å². The number of nitrogens with one attached hydrogen (secondary N) is 2. The van der Waals surface area contributed by atoms with Crippen LogP contribution in [0.15, 0.2) is 12.3 Å². The fraction of sp³-hybridized carbons (Fsp3) is 0.417. The number of nitrogens with two attached hydrogens (primary N) is 1. The molecular weight excluding hydrogens is 242 g/mol. The fourth-order valence-corrected chi connectivity index (χ4v) is 1.83. The molecule has 19 heavy (non-hydrogen) atoms. The quantitative estimate of drug-likeness (QED) is 0.558. The van der Waals surface area contributed by atoms with Crippen LogP contribution in [0.25, 0.3) is 0 Å². The summed E-state index contributed by atoms with van der Waals surface area (Å²) >= 11 is 0. The van der Waals surface area contributed by atoms with Crippen LogP contribution in [0.2, 0.25) is 0 Å². The van der Waals surface area contributed by atoms with E-state index in [4.69, 9.17) is 5.84 Å². The van der Waals surface area contributed by atoms with E-state index in [1.807, 2.05) is 20.2 Å².